The molecule has 9 heteroatoms. The zero-order valence-electron chi connectivity index (χ0n) is 15.1. The molecule has 8 nitrogen and oxygen atoms in total. The van der Waals surface area contributed by atoms with Gasteiger partial charge in [-0.15, -0.1) is 5.16 Å². The van der Waals surface area contributed by atoms with Crippen LogP contribution in [0.25, 0.3) is 0 Å². The van der Waals surface area contributed by atoms with Gasteiger partial charge in [0.15, 0.2) is 17.3 Å². The van der Waals surface area contributed by atoms with Gasteiger partial charge in [0.1, 0.15) is 22.1 Å². The Morgan fingerprint density at radius 1 is 1.22 bits per heavy atom. The van der Waals surface area contributed by atoms with E-state index in [-0.39, 0.29) is 39.4 Å². The third-order valence-corrected chi connectivity index (χ3v) is 5.37. The maximum absolute atomic E-state index is 13.5. The molecule has 0 aromatic heterocycles. The van der Waals surface area contributed by atoms with Gasteiger partial charge in [0.2, 0.25) is 11.4 Å². The van der Waals surface area contributed by atoms with Crippen molar-refractivity contribution >= 4 is 29.4 Å². The minimum Gasteiger partial charge on any atom is -0.496 e. The number of carbonyl (C=O) groups is 2. The minimum absolute atomic E-state index is 0.0425. The Balaban J connectivity index is 2.27. The van der Waals surface area contributed by atoms with Crippen LogP contribution in [0.4, 0.5) is 0 Å². The van der Waals surface area contributed by atoms with E-state index in [4.69, 9.17) is 35.8 Å². The Morgan fingerprint density at radius 2 is 1.89 bits per heavy atom. The van der Waals surface area contributed by atoms with Crippen molar-refractivity contribution < 1.29 is 33.7 Å². The second kappa shape index (κ2) is 6.77. The summed E-state index contributed by atoms with van der Waals surface area (Å²) in [6.07, 6.45) is 2.24. The number of benzene rings is 1. The lowest BCUT2D eigenvalue weighted by atomic mass is 9.70. The Hall–Kier alpha value is -2.74. The number of carbonyl (C=O) groups excluding carboxylic acids is 2. The number of ketones is 2. The van der Waals surface area contributed by atoms with E-state index in [1.54, 1.807) is 6.92 Å². The van der Waals surface area contributed by atoms with Gasteiger partial charge in [-0.1, -0.05) is 18.5 Å². The summed E-state index contributed by atoms with van der Waals surface area (Å²) in [5.74, 6) is -1.85. The number of fused-ring (bicyclic) bond motifs is 1. The molecule has 1 N–H and O–H groups in total. The molecule has 1 aromatic rings. The standard InChI is InChI=1S/C18H18ClNO7/c1-8-9(7-20-23)10(21)5-13(26-4)18(8)17(22)14-11(24-2)6-12(25-3)15(19)16(14)27-18/h5-9,23H,1-4H3. The van der Waals surface area contributed by atoms with E-state index in [0.29, 0.717) is 0 Å². The smallest absolute Gasteiger partial charge is 0.231 e. The zero-order valence-corrected chi connectivity index (χ0v) is 15.9. The molecule has 2 aliphatic rings. The van der Waals surface area contributed by atoms with Crippen LogP contribution in [0, 0.1) is 11.8 Å². The fraction of sp³-hybridized carbons (Fsp3) is 0.389. The minimum atomic E-state index is -1.65. The number of halogens is 1. The topological polar surface area (TPSA) is 104 Å². The number of oxime groups is 1. The first kappa shape index (κ1) is 19.0. The predicted molar refractivity (Wildman–Crippen MR) is 95.3 cm³/mol. The van der Waals surface area contributed by atoms with Crippen LogP contribution < -0.4 is 14.2 Å². The van der Waals surface area contributed by atoms with Gasteiger partial charge in [-0.25, -0.2) is 0 Å². The molecule has 0 bridgehead atoms. The molecular formula is C18H18ClNO7. The average Bonchev–Trinajstić information content (AvgIpc) is 2.97. The average molecular weight is 396 g/mol. The van der Waals surface area contributed by atoms with E-state index < -0.39 is 23.2 Å². The predicted octanol–water partition coefficient (Wildman–Crippen LogP) is 2.50. The summed E-state index contributed by atoms with van der Waals surface area (Å²) in [6, 6.07) is 1.49. The van der Waals surface area contributed by atoms with E-state index in [1.807, 2.05) is 0 Å². The molecule has 0 fully saturated rings. The fourth-order valence-electron chi connectivity index (χ4n) is 3.60. The van der Waals surface area contributed by atoms with E-state index in [9.17, 15) is 9.59 Å². The summed E-state index contributed by atoms with van der Waals surface area (Å²) in [4.78, 5) is 25.9. The van der Waals surface area contributed by atoms with Crippen molar-refractivity contribution in [2.75, 3.05) is 21.3 Å². The van der Waals surface area contributed by atoms with Crippen LogP contribution in [-0.2, 0) is 9.53 Å². The third-order valence-electron chi connectivity index (χ3n) is 5.01. The first-order valence-corrected chi connectivity index (χ1v) is 8.40. The quantitative estimate of drug-likeness (QED) is 0.474. The van der Waals surface area contributed by atoms with Crippen LogP contribution >= 0.6 is 11.6 Å². The summed E-state index contributed by atoms with van der Waals surface area (Å²) >= 11 is 6.36. The molecule has 3 unspecified atom stereocenters. The number of Topliss-reactive ketones (excluding diaryl/α,β-unsaturated/α-hetero) is 1. The molecule has 0 amide bonds. The Kier molecular flexibility index (Phi) is 4.77. The van der Waals surface area contributed by atoms with Crippen molar-refractivity contribution in [1.82, 2.24) is 0 Å². The second-order valence-corrected chi connectivity index (χ2v) is 6.54. The van der Waals surface area contributed by atoms with Gasteiger partial charge in [0.05, 0.1) is 33.5 Å². The van der Waals surface area contributed by atoms with Crippen molar-refractivity contribution in [3.05, 3.63) is 28.5 Å². The number of hydrogen-bond donors (Lipinski definition) is 1. The highest BCUT2D eigenvalue weighted by molar-refractivity contribution is 6.35. The molecule has 3 rings (SSSR count). The highest BCUT2D eigenvalue weighted by Crippen LogP contribution is 2.55. The largest absolute Gasteiger partial charge is 0.496 e. The molecule has 27 heavy (non-hydrogen) atoms. The molecule has 144 valence electrons. The van der Waals surface area contributed by atoms with Crippen molar-refractivity contribution in [2.45, 2.75) is 12.5 Å². The fourth-order valence-corrected chi connectivity index (χ4v) is 3.87. The van der Waals surface area contributed by atoms with Crippen LogP contribution in [0.3, 0.4) is 0 Å². The van der Waals surface area contributed by atoms with Gasteiger partial charge in [0, 0.05) is 18.1 Å². The Morgan fingerprint density at radius 3 is 2.44 bits per heavy atom. The zero-order chi connectivity index (χ0) is 19.9. The summed E-state index contributed by atoms with van der Waals surface area (Å²) < 4.78 is 22.0. The third kappa shape index (κ3) is 2.47. The first-order chi connectivity index (χ1) is 12.9. The maximum Gasteiger partial charge on any atom is 0.231 e. The van der Waals surface area contributed by atoms with Crippen molar-refractivity contribution in [3.63, 3.8) is 0 Å². The molecule has 1 aliphatic carbocycles. The molecule has 0 radical (unpaired) electrons. The molecule has 1 aliphatic heterocycles. The lowest BCUT2D eigenvalue weighted by Gasteiger charge is -2.39. The molecule has 0 saturated carbocycles. The maximum atomic E-state index is 13.5. The van der Waals surface area contributed by atoms with Crippen molar-refractivity contribution in [3.8, 4) is 17.2 Å². The lowest BCUT2D eigenvalue weighted by molar-refractivity contribution is -0.121. The summed E-state index contributed by atoms with van der Waals surface area (Å²) in [5.41, 5.74) is -1.52. The van der Waals surface area contributed by atoms with E-state index in [2.05, 4.69) is 5.16 Å². The Bertz CT molecular complexity index is 879. The van der Waals surface area contributed by atoms with Crippen LogP contribution in [0.2, 0.25) is 5.02 Å². The van der Waals surface area contributed by atoms with Gasteiger partial charge in [0.25, 0.3) is 0 Å². The number of hydrogen-bond acceptors (Lipinski definition) is 8. The SMILES string of the molecule is COC1=CC(=O)C(C=NO)C(C)C12Oc1c(Cl)c(OC)cc(OC)c1C2=O. The summed E-state index contributed by atoms with van der Waals surface area (Å²) in [6.45, 7) is 1.64. The van der Waals surface area contributed by atoms with Crippen molar-refractivity contribution in [2.24, 2.45) is 17.0 Å². The molecule has 1 spiro atoms. The molecule has 3 atom stereocenters. The second-order valence-electron chi connectivity index (χ2n) is 6.16. The van der Waals surface area contributed by atoms with Gasteiger partial charge < -0.3 is 24.2 Å². The molecule has 0 saturated heterocycles. The van der Waals surface area contributed by atoms with Gasteiger partial charge in [-0.05, 0) is 0 Å². The number of nitrogens with zero attached hydrogens (tertiary/aromatic N) is 1. The van der Waals surface area contributed by atoms with Gasteiger partial charge in [-0.2, -0.15) is 0 Å². The van der Waals surface area contributed by atoms with E-state index in [1.165, 1.54) is 33.5 Å². The van der Waals surface area contributed by atoms with Gasteiger partial charge in [-0.3, -0.25) is 9.59 Å². The lowest BCUT2D eigenvalue weighted by Crippen LogP contribution is -2.55. The molecule has 1 heterocycles. The Labute approximate surface area is 160 Å². The van der Waals surface area contributed by atoms with E-state index in [0.717, 1.165) is 6.21 Å². The summed E-state index contributed by atoms with van der Waals surface area (Å²) in [5, 5.41) is 12.0. The number of methoxy groups -OCH3 is 3. The highest BCUT2D eigenvalue weighted by Gasteiger charge is 2.62. The monoisotopic (exact) mass is 395 g/mol. The molecule has 1 aromatic carbocycles. The van der Waals surface area contributed by atoms with Crippen LogP contribution in [0.1, 0.15) is 17.3 Å². The molecular weight excluding hydrogens is 378 g/mol. The van der Waals surface area contributed by atoms with Gasteiger partial charge >= 0.3 is 0 Å². The highest BCUT2D eigenvalue weighted by atomic mass is 35.5. The van der Waals surface area contributed by atoms with Crippen LogP contribution in [-0.4, -0.2) is 49.9 Å². The van der Waals surface area contributed by atoms with Crippen LogP contribution in [0.5, 0.6) is 17.2 Å². The number of rotatable bonds is 4. The normalized spacial score (nSPS) is 26.8. The number of ether oxygens (including phenoxy) is 4. The van der Waals surface area contributed by atoms with E-state index >= 15 is 0 Å². The first-order valence-electron chi connectivity index (χ1n) is 8.03. The summed E-state index contributed by atoms with van der Waals surface area (Å²) in [7, 11) is 4.17. The van der Waals surface area contributed by atoms with Crippen LogP contribution in [0.15, 0.2) is 23.1 Å². The van der Waals surface area contributed by atoms with Crippen molar-refractivity contribution in [1.29, 1.82) is 0 Å². The number of allylic oxidation sites excluding steroid dienone is 1.